The highest BCUT2D eigenvalue weighted by atomic mass is 16.5. The van der Waals surface area contributed by atoms with Gasteiger partial charge in [-0.15, -0.1) is 6.58 Å². The van der Waals surface area contributed by atoms with Crippen molar-refractivity contribution in [2.24, 2.45) is 5.92 Å². The van der Waals surface area contributed by atoms with Gasteiger partial charge in [0.1, 0.15) is 6.04 Å². The number of likely N-dealkylation sites (N-methyl/N-ethyl adjacent to an activating group) is 1. The van der Waals surface area contributed by atoms with Crippen molar-refractivity contribution in [1.82, 2.24) is 4.90 Å². The zero-order chi connectivity index (χ0) is 9.72. The zero-order valence-electron chi connectivity index (χ0n) is 8.20. The topological polar surface area (TPSA) is 29.5 Å². The first-order valence-electron chi connectivity index (χ1n) is 3.91. The molecule has 12 heavy (non-hydrogen) atoms. The largest absolute Gasteiger partial charge is 0.468 e. The van der Waals surface area contributed by atoms with Crippen molar-refractivity contribution in [3.8, 4) is 0 Å². The Balaban J connectivity index is 4.42. The van der Waals surface area contributed by atoms with Crippen LogP contribution in [0.3, 0.4) is 0 Å². The SMILES string of the molecule is C=CC(C)C(C(=O)OC)N(C)C. The molecule has 0 saturated heterocycles. The second kappa shape index (κ2) is 4.93. The van der Waals surface area contributed by atoms with Crippen LogP contribution >= 0.6 is 0 Å². The van der Waals surface area contributed by atoms with Crippen molar-refractivity contribution in [1.29, 1.82) is 0 Å². The van der Waals surface area contributed by atoms with Crippen molar-refractivity contribution < 1.29 is 9.53 Å². The molecule has 0 rings (SSSR count). The highest BCUT2D eigenvalue weighted by Gasteiger charge is 2.25. The van der Waals surface area contributed by atoms with Gasteiger partial charge >= 0.3 is 5.97 Å². The normalized spacial score (nSPS) is 15.4. The summed E-state index contributed by atoms with van der Waals surface area (Å²) in [7, 11) is 5.10. The third kappa shape index (κ3) is 2.66. The third-order valence-corrected chi connectivity index (χ3v) is 1.87. The summed E-state index contributed by atoms with van der Waals surface area (Å²) in [4.78, 5) is 13.1. The van der Waals surface area contributed by atoms with E-state index >= 15 is 0 Å². The van der Waals surface area contributed by atoms with E-state index in [-0.39, 0.29) is 17.9 Å². The van der Waals surface area contributed by atoms with E-state index in [1.165, 1.54) is 7.11 Å². The Bertz CT molecular complexity index is 166. The summed E-state index contributed by atoms with van der Waals surface area (Å²) in [6.45, 7) is 5.59. The summed E-state index contributed by atoms with van der Waals surface area (Å²) in [5, 5.41) is 0. The molecule has 0 aromatic rings. The van der Waals surface area contributed by atoms with E-state index in [2.05, 4.69) is 11.3 Å². The van der Waals surface area contributed by atoms with E-state index in [4.69, 9.17) is 0 Å². The Morgan fingerprint density at radius 3 is 2.33 bits per heavy atom. The molecule has 0 radical (unpaired) electrons. The molecule has 0 saturated carbocycles. The summed E-state index contributed by atoms with van der Waals surface area (Å²) in [6.07, 6.45) is 1.75. The minimum Gasteiger partial charge on any atom is -0.468 e. The molecule has 0 spiro atoms. The molecule has 0 aliphatic heterocycles. The fourth-order valence-corrected chi connectivity index (χ4v) is 1.15. The smallest absolute Gasteiger partial charge is 0.323 e. The van der Waals surface area contributed by atoms with Crippen molar-refractivity contribution >= 4 is 5.97 Å². The number of rotatable bonds is 4. The number of ether oxygens (including phenoxy) is 1. The van der Waals surface area contributed by atoms with Gasteiger partial charge in [0.15, 0.2) is 0 Å². The van der Waals surface area contributed by atoms with Gasteiger partial charge in [-0.1, -0.05) is 13.0 Å². The minimum absolute atomic E-state index is 0.104. The van der Waals surface area contributed by atoms with Crippen LogP contribution in [-0.4, -0.2) is 38.1 Å². The average molecular weight is 171 g/mol. The highest BCUT2D eigenvalue weighted by Crippen LogP contribution is 2.10. The summed E-state index contributed by atoms with van der Waals surface area (Å²) in [5.41, 5.74) is 0. The monoisotopic (exact) mass is 171 g/mol. The second-order valence-corrected chi connectivity index (χ2v) is 3.03. The standard InChI is InChI=1S/C9H17NO2/c1-6-7(2)8(10(3)4)9(11)12-5/h6-8H,1H2,2-5H3. The van der Waals surface area contributed by atoms with Crippen molar-refractivity contribution in [2.75, 3.05) is 21.2 Å². The number of methoxy groups -OCH3 is 1. The lowest BCUT2D eigenvalue weighted by atomic mass is 10.0. The molecule has 0 bridgehead atoms. The quantitative estimate of drug-likeness (QED) is 0.465. The molecule has 0 N–H and O–H groups in total. The Hall–Kier alpha value is -0.830. The van der Waals surface area contributed by atoms with Gasteiger partial charge in [-0.3, -0.25) is 9.69 Å². The van der Waals surface area contributed by atoms with Crippen LogP contribution in [0.2, 0.25) is 0 Å². The molecule has 0 aliphatic rings. The van der Waals surface area contributed by atoms with Crippen LogP contribution < -0.4 is 0 Å². The van der Waals surface area contributed by atoms with Crippen molar-refractivity contribution in [3.63, 3.8) is 0 Å². The lowest BCUT2D eigenvalue weighted by Crippen LogP contribution is -2.41. The molecular weight excluding hydrogens is 154 g/mol. The number of esters is 1. The predicted octanol–water partition coefficient (Wildman–Crippen LogP) is 0.912. The maximum atomic E-state index is 11.2. The molecule has 2 atom stereocenters. The molecule has 3 nitrogen and oxygen atoms in total. The van der Waals surface area contributed by atoms with Crippen LogP contribution in [0.5, 0.6) is 0 Å². The lowest BCUT2D eigenvalue weighted by molar-refractivity contribution is -0.147. The molecule has 3 heteroatoms. The minimum atomic E-state index is -0.229. The molecule has 70 valence electrons. The van der Waals surface area contributed by atoms with Gasteiger partial charge in [0, 0.05) is 0 Å². The summed E-state index contributed by atoms with van der Waals surface area (Å²) < 4.78 is 4.67. The maximum absolute atomic E-state index is 11.2. The number of hydrogen-bond donors (Lipinski definition) is 0. The van der Waals surface area contributed by atoms with Crippen LogP contribution in [0, 0.1) is 5.92 Å². The van der Waals surface area contributed by atoms with Gasteiger partial charge in [-0.25, -0.2) is 0 Å². The first kappa shape index (κ1) is 11.2. The van der Waals surface area contributed by atoms with Crippen LogP contribution in [0.1, 0.15) is 6.92 Å². The second-order valence-electron chi connectivity index (χ2n) is 3.03. The number of nitrogens with zero attached hydrogens (tertiary/aromatic N) is 1. The predicted molar refractivity (Wildman–Crippen MR) is 48.9 cm³/mol. The lowest BCUT2D eigenvalue weighted by Gasteiger charge is -2.25. The maximum Gasteiger partial charge on any atom is 0.323 e. The highest BCUT2D eigenvalue weighted by molar-refractivity contribution is 5.76. The van der Waals surface area contributed by atoms with Crippen molar-refractivity contribution in [3.05, 3.63) is 12.7 Å². The van der Waals surface area contributed by atoms with Gasteiger partial charge in [-0.05, 0) is 20.0 Å². The van der Waals surface area contributed by atoms with Gasteiger partial charge in [-0.2, -0.15) is 0 Å². The number of carbonyl (C=O) groups is 1. The molecule has 0 aromatic heterocycles. The van der Waals surface area contributed by atoms with E-state index in [9.17, 15) is 4.79 Å². The molecule has 0 amide bonds. The van der Waals surface area contributed by atoms with Gasteiger partial charge < -0.3 is 4.74 Å². The van der Waals surface area contributed by atoms with E-state index < -0.39 is 0 Å². The molecular formula is C9H17NO2. The molecule has 0 fully saturated rings. The van der Waals surface area contributed by atoms with E-state index in [0.29, 0.717) is 0 Å². The van der Waals surface area contributed by atoms with Crippen LogP contribution in [0.25, 0.3) is 0 Å². The van der Waals surface area contributed by atoms with Crippen LogP contribution in [0.4, 0.5) is 0 Å². The Morgan fingerprint density at radius 1 is 1.58 bits per heavy atom. The van der Waals surface area contributed by atoms with Gasteiger partial charge in [0.2, 0.25) is 0 Å². The molecule has 0 aromatic carbocycles. The molecule has 0 aliphatic carbocycles. The van der Waals surface area contributed by atoms with Crippen molar-refractivity contribution in [2.45, 2.75) is 13.0 Å². The third-order valence-electron chi connectivity index (χ3n) is 1.87. The Labute approximate surface area is 74.0 Å². The first-order chi connectivity index (χ1) is 5.54. The van der Waals surface area contributed by atoms with E-state index in [1.807, 2.05) is 25.9 Å². The Kier molecular flexibility index (Phi) is 4.59. The van der Waals surface area contributed by atoms with Crippen LogP contribution in [-0.2, 0) is 9.53 Å². The summed E-state index contributed by atoms with van der Waals surface area (Å²) >= 11 is 0. The van der Waals surface area contributed by atoms with E-state index in [1.54, 1.807) is 6.08 Å². The number of hydrogen-bond acceptors (Lipinski definition) is 3. The number of carbonyl (C=O) groups excluding carboxylic acids is 1. The van der Waals surface area contributed by atoms with Gasteiger partial charge in [0.05, 0.1) is 7.11 Å². The zero-order valence-corrected chi connectivity index (χ0v) is 8.20. The Morgan fingerprint density at radius 2 is 2.08 bits per heavy atom. The molecule has 2 unspecified atom stereocenters. The fourth-order valence-electron chi connectivity index (χ4n) is 1.15. The summed E-state index contributed by atoms with van der Waals surface area (Å²) in [6, 6.07) is -0.229. The summed E-state index contributed by atoms with van der Waals surface area (Å²) in [5.74, 6) is -0.111. The van der Waals surface area contributed by atoms with E-state index in [0.717, 1.165) is 0 Å². The average Bonchev–Trinajstić information content (AvgIpc) is 2.03. The van der Waals surface area contributed by atoms with Crippen LogP contribution in [0.15, 0.2) is 12.7 Å². The fraction of sp³-hybridized carbons (Fsp3) is 0.667. The molecule has 0 heterocycles. The van der Waals surface area contributed by atoms with Gasteiger partial charge in [0.25, 0.3) is 0 Å². The first-order valence-corrected chi connectivity index (χ1v) is 3.91.